The number of carbonyl (C=O) groups is 3. The summed E-state index contributed by atoms with van der Waals surface area (Å²) in [6, 6.07) is 3.30. The minimum absolute atomic E-state index is 0.0676. The molecule has 0 saturated heterocycles. The number of rotatable bonds is 3. The van der Waals surface area contributed by atoms with Crippen LogP contribution >= 0.6 is 27.3 Å². The second kappa shape index (κ2) is 5.90. The van der Waals surface area contributed by atoms with E-state index in [0.29, 0.717) is 4.88 Å². The number of thiophene rings is 1. The first-order valence-electron chi connectivity index (χ1n) is 5.92. The Labute approximate surface area is 132 Å². The number of halogens is 1. The normalized spacial score (nSPS) is 10.6. The van der Waals surface area contributed by atoms with Gasteiger partial charge in [0.25, 0.3) is 0 Å². The molecule has 6 nitrogen and oxygen atoms in total. The molecule has 110 valence electrons. The fourth-order valence-corrected chi connectivity index (χ4v) is 3.22. The number of ketones is 1. The van der Waals surface area contributed by atoms with Gasteiger partial charge in [-0.3, -0.25) is 14.4 Å². The van der Waals surface area contributed by atoms with Gasteiger partial charge in [-0.05, 0) is 11.4 Å². The highest BCUT2D eigenvalue weighted by molar-refractivity contribution is 9.08. The number of hydrogen-bond acceptors (Lipinski definition) is 5. The van der Waals surface area contributed by atoms with Crippen molar-refractivity contribution in [3.8, 4) is 0 Å². The lowest BCUT2D eigenvalue weighted by Crippen LogP contribution is -2.31. The molecule has 0 atom stereocenters. The topological polar surface area (TPSA) is 78.1 Å². The lowest BCUT2D eigenvalue weighted by atomic mass is 10.2. The van der Waals surface area contributed by atoms with Crippen LogP contribution in [0.5, 0.6) is 0 Å². The standard InChI is InChI=1S/C13H11BrN2O4S/c1-7(17)15-9(6-14)11(16(8(2)18)13(15)20)12(19)10-4-3-5-21-10/h3-5H,6H2,1-2H3. The maximum Gasteiger partial charge on any atom is 0.342 e. The SMILES string of the molecule is CC(=O)n1c(CBr)c(C(=O)c2cccs2)n(C(C)=O)c1=O. The Morgan fingerprint density at radius 2 is 1.81 bits per heavy atom. The molecule has 2 heterocycles. The van der Waals surface area contributed by atoms with Crippen molar-refractivity contribution in [3.05, 3.63) is 44.3 Å². The van der Waals surface area contributed by atoms with E-state index in [1.807, 2.05) is 0 Å². The fraction of sp³-hybridized carbons (Fsp3) is 0.231. The smallest absolute Gasteiger partial charge is 0.286 e. The molecule has 0 radical (unpaired) electrons. The Balaban J connectivity index is 2.83. The number of alkyl halides is 1. The van der Waals surface area contributed by atoms with Crippen LogP contribution in [0.3, 0.4) is 0 Å². The molecule has 2 aromatic heterocycles. The van der Waals surface area contributed by atoms with E-state index >= 15 is 0 Å². The zero-order chi connectivity index (χ0) is 15.7. The molecule has 0 aromatic carbocycles. The van der Waals surface area contributed by atoms with Gasteiger partial charge in [0, 0.05) is 19.2 Å². The van der Waals surface area contributed by atoms with Gasteiger partial charge < -0.3 is 0 Å². The molecule has 0 aliphatic heterocycles. The van der Waals surface area contributed by atoms with E-state index in [-0.39, 0.29) is 16.7 Å². The first-order chi connectivity index (χ1) is 9.90. The van der Waals surface area contributed by atoms with Crippen LogP contribution in [-0.4, -0.2) is 26.7 Å². The quantitative estimate of drug-likeness (QED) is 0.612. The van der Waals surface area contributed by atoms with Crippen LogP contribution in [0.1, 0.15) is 44.5 Å². The molecule has 2 aromatic rings. The number of imidazole rings is 1. The van der Waals surface area contributed by atoms with E-state index in [9.17, 15) is 19.2 Å². The van der Waals surface area contributed by atoms with Gasteiger partial charge >= 0.3 is 5.69 Å². The van der Waals surface area contributed by atoms with Crippen LogP contribution in [0.4, 0.5) is 0 Å². The highest BCUT2D eigenvalue weighted by Crippen LogP contribution is 2.20. The van der Waals surface area contributed by atoms with Crippen LogP contribution in [-0.2, 0) is 5.33 Å². The lowest BCUT2D eigenvalue weighted by molar-refractivity contribution is 0.0905. The van der Waals surface area contributed by atoms with Gasteiger partial charge in [-0.1, -0.05) is 22.0 Å². The van der Waals surface area contributed by atoms with Crippen molar-refractivity contribution >= 4 is 44.9 Å². The molecule has 0 saturated carbocycles. The number of aromatic nitrogens is 2. The summed E-state index contributed by atoms with van der Waals surface area (Å²) in [4.78, 5) is 48.6. The summed E-state index contributed by atoms with van der Waals surface area (Å²) in [7, 11) is 0. The van der Waals surface area contributed by atoms with E-state index < -0.39 is 23.3 Å². The van der Waals surface area contributed by atoms with Crippen molar-refractivity contribution in [2.24, 2.45) is 0 Å². The summed E-state index contributed by atoms with van der Waals surface area (Å²) in [5, 5.41) is 1.83. The summed E-state index contributed by atoms with van der Waals surface area (Å²) in [6.45, 7) is 2.38. The van der Waals surface area contributed by atoms with E-state index in [1.165, 1.54) is 25.2 Å². The molecule has 21 heavy (non-hydrogen) atoms. The van der Waals surface area contributed by atoms with Gasteiger partial charge in [-0.25, -0.2) is 13.9 Å². The van der Waals surface area contributed by atoms with Crippen LogP contribution in [0, 0.1) is 0 Å². The Morgan fingerprint density at radius 3 is 2.24 bits per heavy atom. The molecule has 0 N–H and O–H groups in total. The molecule has 0 aliphatic carbocycles. The largest absolute Gasteiger partial charge is 0.342 e. The first kappa shape index (κ1) is 15.6. The number of hydrogen-bond donors (Lipinski definition) is 0. The fourth-order valence-electron chi connectivity index (χ4n) is 2.04. The zero-order valence-corrected chi connectivity index (χ0v) is 13.7. The van der Waals surface area contributed by atoms with Crippen molar-refractivity contribution in [2.75, 3.05) is 0 Å². The van der Waals surface area contributed by atoms with Gasteiger partial charge in [0.1, 0.15) is 5.69 Å². The summed E-state index contributed by atoms with van der Waals surface area (Å²) in [5.74, 6) is -1.61. The Hall–Kier alpha value is -1.80. The maximum absolute atomic E-state index is 12.6. The van der Waals surface area contributed by atoms with Crippen molar-refractivity contribution in [1.29, 1.82) is 0 Å². The van der Waals surface area contributed by atoms with Crippen LogP contribution in [0.15, 0.2) is 22.3 Å². The second-order valence-electron chi connectivity index (χ2n) is 4.23. The molecule has 8 heteroatoms. The van der Waals surface area contributed by atoms with Crippen LogP contribution < -0.4 is 5.69 Å². The van der Waals surface area contributed by atoms with E-state index in [2.05, 4.69) is 15.9 Å². The van der Waals surface area contributed by atoms with Gasteiger partial charge in [0.15, 0.2) is 0 Å². The predicted molar refractivity (Wildman–Crippen MR) is 81.7 cm³/mol. The Bertz CT molecular complexity index is 786. The van der Waals surface area contributed by atoms with Gasteiger partial charge in [0.2, 0.25) is 17.6 Å². The summed E-state index contributed by atoms with van der Waals surface area (Å²) < 4.78 is 1.59. The third-order valence-electron chi connectivity index (χ3n) is 2.87. The molecule has 0 spiro atoms. The van der Waals surface area contributed by atoms with E-state index in [0.717, 1.165) is 9.13 Å². The van der Waals surface area contributed by atoms with Crippen LogP contribution in [0.25, 0.3) is 0 Å². The molecule has 2 rings (SSSR count). The molecule has 0 fully saturated rings. The molecular weight excluding hydrogens is 360 g/mol. The van der Waals surface area contributed by atoms with Gasteiger partial charge in [-0.2, -0.15) is 0 Å². The average Bonchev–Trinajstić information content (AvgIpc) is 3.02. The van der Waals surface area contributed by atoms with Crippen molar-refractivity contribution < 1.29 is 14.4 Å². The second-order valence-corrected chi connectivity index (χ2v) is 5.74. The molecule has 0 amide bonds. The van der Waals surface area contributed by atoms with Crippen molar-refractivity contribution in [2.45, 2.75) is 19.2 Å². The highest BCUT2D eigenvalue weighted by Gasteiger charge is 2.29. The molecule has 0 bridgehead atoms. The summed E-state index contributed by atoms with van der Waals surface area (Å²) in [6.07, 6.45) is 0. The third-order valence-corrected chi connectivity index (χ3v) is 4.27. The molecular formula is C13H11BrN2O4S. The minimum atomic E-state index is -0.815. The van der Waals surface area contributed by atoms with E-state index in [4.69, 9.17) is 0 Å². The van der Waals surface area contributed by atoms with E-state index in [1.54, 1.807) is 17.5 Å². The predicted octanol–water partition coefficient (Wildman–Crippen LogP) is 2.16. The average molecular weight is 371 g/mol. The number of carbonyl (C=O) groups excluding carboxylic acids is 3. The molecule has 0 unspecified atom stereocenters. The van der Waals surface area contributed by atoms with Gasteiger partial charge in [-0.15, -0.1) is 11.3 Å². The zero-order valence-electron chi connectivity index (χ0n) is 11.3. The third kappa shape index (κ3) is 2.56. The monoisotopic (exact) mass is 370 g/mol. The van der Waals surface area contributed by atoms with Crippen molar-refractivity contribution in [3.63, 3.8) is 0 Å². The Kier molecular flexibility index (Phi) is 4.38. The minimum Gasteiger partial charge on any atom is -0.286 e. The first-order valence-corrected chi connectivity index (χ1v) is 7.93. The van der Waals surface area contributed by atoms with Crippen molar-refractivity contribution in [1.82, 2.24) is 9.13 Å². The molecule has 0 aliphatic rings. The highest BCUT2D eigenvalue weighted by atomic mass is 79.9. The maximum atomic E-state index is 12.6. The van der Waals surface area contributed by atoms with Crippen LogP contribution in [0.2, 0.25) is 0 Å². The Morgan fingerprint density at radius 1 is 1.19 bits per heavy atom. The summed E-state index contributed by atoms with van der Waals surface area (Å²) >= 11 is 4.37. The number of nitrogens with zero attached hydrogens (tertiary/aromatic N) is 2. The van der Waals surface area contributed by atoms with Gasteiger partial charge in [0.05, 0.1) is 10.6 Å². The summed E-state index contributed by atoms with van der Waals surface area (Å²) in [5.41, 5.74) is -0.701. The lowest BCUT2D eigenvalue weighted by Gasteiger charge is -2.04.